The minimum atomic E-state index is -0.402. The molecule has 1 aliphatic rings. The van der Waals surface area contributed by atoms with Gasteiger partial charge >= 0.3 is 5.69 Å². The average molecular weight is 389 g/mol. The SMILES string of the molecule is CCCCn1c(=O)[nH]c(=O)c2c1nc(CSc1nnc(C3CC3)n1C)n2C. The maximum Gasteiger partial charge on any atom is 0.330 e. The monoisotopic (exact) mass is 389 g/mol. The molecule has 4 rings (SSSR count). The lowest BCUT2D eigenvalue weighted by Crippen LogP contribution is -2.31. The molecule has 1 aliphatic carbocycles. The number of H-pyrrole nitrogens is 1. The molecule has 1 N–H and O–H groups in total. The summed E-state index contributed by atoms with van der Waals surface area (Å²) >= 11 is 1.54. The number of hydrogen-bond acceptors (Lipinski definition) is 6. The number of rotatable bonds is 7. The van der Waals surface area contributed by atoms with Crippen molar-refractivity contribution < 1.29 is 0 Å². The molecule has 3 aromatic rings. The molecule has 0 bridgehead atoms. The molecule has 0 saturated heterocycles. The Morgan fingerprint density at radius 1 is 1.19 bits per heavy atom. The number of imidazole rings is 1. The molecule has 27 heavy (non-hydrogen) atoms. The Kier molecular flexibility index (Phi) is 4.67. The van der Waals surface area contributed by atoms with Gasteiger partial charge < -0.3 is 9.13 Å². The highest BCUT2D eigenvalue weighted by Gasteiger charge is 2.29. The van der Waals surface area contributed by atoms with Crippen LogP contribution in [0.15, 0.2) is 14.7 Å². The van der Waals surface area contributed by atoms with E-state index in [0.29, 0.717) is 29.4 Å². The normalized spacial score (nSPS) is 14.3. The van der Waals surface area contributed by atoms with Gasteiger partial charge in [-0.3, -0.25) is 14.3 Å². The van der Waals surface area contributed by atoms with E-state index in [-0.39, 0.29) is 0 Å². The molecule has 144 valence electrons. The molecule has 3 aromatic heterocycles. The maximum absolute atomic E-state index is 12.3. The summed E-state index contributed by atoms with van der Waals surface area (Å²) in [5.41, 5.74) is 0.0779. The molecule has 1 saturated carbocycles. The highest BCUT2D eigenvalue weighted by Crippen LogP contribution is 2.39. The Bertz CT molecular complexity index is 1100. The maximum atomic E-state index is 12.3. The van der Waals surface area contributed by atoms with E-state index in [1.165, 1.54) is 24.6 Å². The third kappa shape index (κ3) is 3.22. The van der Waals surface area contributed by atoms with Crippen molar-refractivity contribution in [2.75, 3.05) is 0 Å². The number of thioether (sulfide) groups is 1. The summed E-state index contributed by atoms with van der Waals surface area (Å²) in [4.78, 5) is 31.5. The Labute approximate surface area is 159 Å². The summed E-state index contributed by atoms with van der Waals surface area (Å²) in [7, 11) is 3.79. The Morgan fingerprint density at radius 3 is 2.67 bits per heavy atom. The van der Waals surface area contributed by atoms with E-state index in [1.807, 2.05) is 11.6 Å². The van der Waals surface area contributed by atoms with Crippen LogP contribution in [0.4, 0.5) is 0 Å². The van der Waals surface area contributed by atoms with Gasteiger partial charge in [0.25, 0.3) is 5.56 Å². The van der Waals surface area contributed by atoms with E-state index in [4.69, 9.17) is 0 Å². The highest BCUT2D eigenvalue weighted by molar-refractivity contribution is 7.98. The number of hydrogen-bond donors (Lipinski definition) is 1. The quantitative estimate of drug-likeness (QED) is 0.615. The molecule has 0 aliphatic heterocycles. The van der Waals surface area contributed by atoms with E-state index >= 15 is 0 Å². The van der Waals surface area contributed by atoms with Crippen LogP contribution in [0.25, 0.3) is 11.2 Å². The summed E-state index contributed by atoms with van der Waals surface area (Å²) in [6, 6.07) is 0. The van der Waals surface area contributed by atoms with Gasteiger partial charge in [0.05, 0.1) is 5.75 Å². The summed E-state index contributed by atoms with van der Waals surface area (Å²) < 4.78 is 5.36. The molecule has 0 radical (unpaired) electrons. The van der Waals surface area contributed by atoms with Crippen molar-refractivity contribution in [3.05, 3.63) is 32.5 Å². The second-order valence-corrected chi connectivity index (χ2v) is 7.93. The van der Waals surface area contributed by atoms with Gasteiger partial charge in [0.1, 0.15) is 11.6 Å². The zero-order chi connectivity index (χ0) is 19.1. The lowest BCUT2D eigenvalue weighted by atomic mass is 10.3. The third-order valence-electron chi connectivity index (χ3n) is 4.98. The first-order valence-corrected chi connectivity index (χ1v) is 10.2. The molecule has 1 fully saturated rings. The summed E-state index contributed by atoms with van der Waals surface area (Å²) in [6.45, 7) is 2.60. The first-order valence-electron chi connectivity index (χ1n) is 9.21. The molecule has 9 nitrogen and oxygen atoms in total. The van der Waals surface area contributed by atoms with Crippen molar-refractivity contribution in [2.45, 2.75) is 56.0 Å². The van der Waals surface area contributed by atoms with Crippen molar-refractivity contribution in [1.82, 2.24) is 33.9 Å². The smallest absolute Gasteiger partial charge is 0.325 e. The van der Waals surface area contributed by atoms with Gasteiger partial charge in [0.15, 0.2) is 16.3 Å². The number of unbranched alkanes of at least 4 members (excludes halogenated alkanes) is 1. The van der Waals surface area contributed by atoms with Gasteiger partial charge in [0, 0.05) is 26.6 Å². The molecule has 0 amide bonds. The Balaban J connectivity index is 1.66. The first-order chi connectivity index (χ1) is 13.0. The van der Waals surface area contributed by atoms with Gasteiger partial charge in [0.2, 0.25) is 0 Å². The topological polar surface area (TPSA) is 103 Å². The lowest BCUT2D eigenvalue weighted by Gasteiger charge is -2.04. The van der Waals surface area contributed by atoms with E-state index < -0.39 is 11.2 Å². The van der Waals surface area contributed by atoms with Crippen LogP contribution in [0.5, 0.6) is 0 Å². The van der Waals surface area contributed by atoms with Gasteiger partial charge in [-0.25, -0.2) is 9.78 Å². The second kappa shape index (κ2) is 6.99. The number of nitrogens with one attached hydrogen (secondary N) is 1. The van der Waals surface area contributed by atoms with Crippen molar-refractivity contribution in [3.63, 3.8) is 0 Å². The van der Waals surface area contributed by atoms with Crippen LogP contribution in [0, 0.1) is 0 Å². The fraction of sp³-hybridized carbons (Fsp3) is 0.588. The van der Waals surface area contributed by atoms with Gasteiger partial charge in [-0.2, -0.15) is 0 Å². The van der Waals surface area contributed by atoms with Crippen LogP contribution < -0.4 is 11.2 Å². The molecular formula is C17H23N7O2S. The number of fused-ring (bicyclic) bond motifs is 1. The van der Waals surface area contributed by atoms with E-state index in [2.05, 4.69) is 27.1 Å². The lowest BCUT2D eigenvalue weighted by molar-refractivity contribution is 0.613. The molecule has 0 atom stereocenters. The van der Waals surface area contributed by atoms with Crippen LogP contribution in [0.2, 0.25) is 0 Å². The number of aromatic amines is 1. The zero-order valence-electron chi connectivity index (χ0n) is 15.7. The minimum absolute atomic E-state index is 0.399. The highest BCUT2D eigenvalue weighted by atomic mass is 32.2. The number of aromatic nitrogens is 7. The Hall–Kier alpha value is -2.36. The van der Waals surface area contributed by atoms with Crippen molar-refractivity contribution in [1.29, 1.82) is 0 Å². The van der Waals surface area contributed by atoms with Crippen LogP contribution in [-0.2, 0) is 26.4 Å². The molecule has 0 unspecified atom stereocenters. The van der Waals surface area contributed by atoms with Crippen LogP contribution >= 0.6 is 11.8 Å². The summed E-state index contributed by atoms with van der Waals surface area (Å²) in [6.07, 6.45) is 4.17. The van der Waals surface area contributed by atoms with E-state index in [0.717, 1.165) is 29.6 Å². The third-order valence-corrected chi connectivity index (χ3v) is 6.00. The van der Waals surface area contributed by atoms with Crippen LogP contribution in [0.1, 0.15) is 50.2 Å². The predicted octanol–water partition coefficient (Wildman–Crippen LogP) is 1.52. The fourth-order valence-corrected chi connectivity index (χ4v) is 4.12. The van der Waals surface area contributed by atoms with Crippen molar-refractivity contribution in [3.8, 4) is 0 Å². The molecule has 3 heterocycles. The molecule has 0 aromatic carbocycles. The van der Waals surface area contributed by atoms with Crippen molar-refractivity contribution in [2.24, 2.45) is 14.1 Å². The predicted molar refractivity (Wildman–Crippen MR) is 103 cm³/mol. The summed E-state index contributed by atoms with van der Waals surface area (Å²) in [5.74, 6) is 2.85. The number of nitrogens with zero attached hydrogens (tertiary/aromatic N) is 6. The summed E-state index contributed by atoms with van der Waals surface area (Å²) in [5, 5.41) is 9.41. The molecule has 0 spiro atoms. The second-order valence-electron chi connectivity index (χ2n) is 6.99. The van der Waals surface area contributed by atoms with E-state index in [9.17, 15) is 9.59 Å². The van der Waals surface area contributed by atoms with Gasteiger partial charge in [-0.05, 0) is 19.3 Å². The standard InChI is InChI=1S/C17H23N7O2S/c1-4-5-8-24-14-12(15(25)19-16(24)26)22(2)11(18-14)9-27-17-21-20-13(23(17)3)10-6-7-10/h10H,4-9H2,1-3H3,(H,19,25,26). The van der Waals surface area contributed by atoms with Crippen LogP contribution in [-0.4, -0.2) is 33.9 Å². The zero-order valence-corrected chi connectivity index (χ0v) is 16.5. The Morgan fingerprint density at radius 2 is 1.96 bits per heavy atom. The van der Waals surface area contributed by atoms with Gasteiger partial charge in [-0.15, -0.1) is 10.2 Å². The van der Waals surface area contributed by atoms with Crippen LogP contribution in [0.3, 0.4) is 0 Å². The largest absolute Gasteiger partial charge is 0.330 e. The average Bonchev–Trinajstić information content (AvgIpc) is 3.33. The minimum Gasteiger partial charge on any atom is -0.325 e. The van der Waals surface area contributed by atoms with Gasteiger partial charge in [-0.1, -0.05) is 25.1 Å². The first kappa shape index (κ1) is 18.0. The molecule has 10 heteroatoms. The van der Waals surface area contributed by atoms with Crippen molar-refractivity contribution >= 4 is 22.9 Å². The number of aryl methyl sites for hydroxylation is 2. The fourth-order valence-electron chi connectivity index (χ4n) is 3.22. The molecular weight excluding hydrogens is 366 g/mol. The van der Waals surface area contributed by atoms with E-state index in [1.54, 1.807) is 16.2 Å².